The van der Waals surface area contributed by atoms with Gasteiger partial charge in [0.05, 0.1) is 23.5 Å². The maximum atomic E-state index is 12.8. The second kappa shape index (κ2) is 9.63. The fourth-order valence-corrected chi connectivity index (χ4v) is 3.44. The Morgan fingerprint density at radius 2 is 1.63 bits per heavy atom. The van der Waals surface area contributed by atoms with Crippen LogP contribution < -0.4 is 10.2 Å². The van der Waals surface area contributed by atoms with Gasteiger partial charge in [-0.05, 0) is 49.4 Å². The predicted molar refractivity (Wildman–Crippen MR) is 116 cm³/mol. The van der Waals surface area contributed by atoms with Gasteiger partial charge in [0.15, 0.2) is 0 Å². The Kier molecular flexibility index (Phi) is 6.95. The lowest BCUT2D eigenvalue weighted by Crippen LogP contribution is -2.48. The summed E-state index contributed by atoms with van der Waals surface area (Å²) in [6, 6.07) is 11.7. The number of benzene rings is 2. The van der Waals surface area contributed by atoms with Crippen LogP contribution in [-0.4, -0.2) is 55.5 Å². The van der Waals surface area contributed by atoms with Crippen molar-refractivity contribution >= 4 is 40.8 Å². The van der Waals surface area contributed by atoms with E-state index in [9.17, 15) is 14.4 Å². The smallest absolute Gasteiger partial charge is 0.338 e. The quantitative estimate of drug-likeness (QED) is 0.736. The number of esters is 1. The highest BCUT2D eigenvalue weighted by Gasteiger charge is 2.22. The largest absolute Gasteiger partial charge is 0.462 e. The number of hydrogen-bond donors (Lipinski definition) is 1. The summed E-state index contributed by atoms with van der Waals surface area (Å²) in [7, 11) is 0. The van der Waals surface area contributed by atoms with E-state index in [-0.39, 0.29) is 18.4 Å². The lowest BCUT2D eigenvalue weighted by atomic mass is 10.1. The number of carbonyl (C=O) groups excluding carboxylic acids is 3. The number of rotatable bonds is 5. The molecule has 1 aliphatic rings. The van der Waals surface area contributed by atoms with Crippen molar-refractivity contribution in [3.8, 4) is 0 Å². The number of hydrogen-bond acceptors (Lipinski definition) is 5. The lowest BCUT2D eigenvalue weighted by Gasteiger charge is -2.36. The van der Waals surface area contributed by atoms with Gasteiger partial charge in [0.1, 0.15) is 0 Å². The molecule has 1 heterocycles. The van der Waals surface area contributed by atoms with Crippen LogP contribution in [0.3, 0.4) is 0 Å². The molecule has 0 atom stereocenters. The van der Waals surface area contributed by atoms with Crippen molar-refractivity contribution in [2.75, 3.05) is 43.0 Å². The third kappa shape index (κ3) is 5.10. The highest BCUT2D eigenvalue weighted by Crippen LogP contribution is 2.29. The summed E-state index contributed by atoms with van der Waals surface area (Å²) in [5, 5.41) is 3.44. The van der Waals surface area contributed by atoms with Crippen molar-refractivity contribution in [2.24, 2.45) is 0 Å². The van der Waals surface area contributed by atoms with Gasteiger partial charge in [0, 0.05) is 43.7 Å². The number of anilines is 2. The Bertz CT molecular complexity index is 938. The van der Waals surface area contributed by atoms with E-state index in [1.807, 2.05) is 0 Å². The van der Waals surface area contributed by atoms with Crippen molar-refractivity contribution in [1.29, 1.82) is 0 Å². The Morgan fingerprint density at radius 3 is 2.23 bits per heavy atom. The van der Waals surface area contributed by atoms with Crippen molar-refractivity contribution in [2.45, 2.75) is 13.8 Å². The Labute approximate surface area is 180 Å². The first-order valence-corrected chi connectivity index (χ1v) is 10.2. The lowest BCUT2D eigenvalue weighted by molar-refractivity contribution is -0.129. The number of halogens is 1. The van der Waals surface area contributed by atoms with Crippen molar-refractivity contribution in [1.82, 2.24) is 4.90 Å². The van der Waals surface area contributed by atoms with Gasteiger partial charge < -0.3 is 19.9 Å². The first-order chi connectivity index (χ1) is 14.4. The zero-order valence-corrected chi connectivity index (χ0v) is 17.7. The minimum Gasteiger partial charge on any atom is -0.462 e. The fraction of sp³-hybridized carbons (Fsp3) is 0.318. The van der Waals surface area contributed by atoms with Crippen molar-refractivity contribution in [3.63, 3.8) is 0 Å². The normalized spacial score (nSPS) is 13.7. The number of nitrogens with one attached hydrogen (secondary N) is 1. The molecule has 0 bridgehead atoms. The average Bonchev–Trinajstić information content (AvgIpc) is 2.74. The molecule has 3 rings (SSSR count). The van der Waals surface area contributed by atoms with Gasteiger partial charge in [-0.1, -0.05) is 11.6 Å². The maximum absolute atomic E-state index is 12.8. The van der Waals surface area contributed by atoms with Crippen LogP contribution in [0.25, 0.3) is 0 Å². The average molecular weight is 430 g/mol. The molecule has 7 nitrogen and oxygen atoms in total. The first-order valence-electron chi connectivity index (χ1n) is 9.77. The van der Waals surface area contributed by atoms with Crippen LogP contribution in [0.4, 0.5) is 11.4 Å². The molecule has 30 heavy (non-hydrogen) atoms. The number of nitrogens with zero attached hydrogens (tertiary/aromatic N) is 2. The molecule has 2 aromatic rings. The number of ether oxygens (including phenoxy) is 1. The molecule has 0 radical (unpaired) electrons. The molecule has 0 aromatic heterocycles. The van der Waals surface area contributed by atoms with Gasteiger partial charge in [-0.25, -0.2) is 4.79 Å². The highest BCUT2D eigenvalue weighted by molar-refractivity contribution is 6.30. The Balaban J connectivity index is 1.88. The molecule has 1 N–H and O–H groups in total. The monoisotopic (exact) mass is 429 g/mol. The number of carbonyl (C=O) groups is 3. The highest BCUT2D eigenvalue weighted by atomic mass is 35.5. The molecule has 0 aliphatic carbocycles. The van der Waals surface area contributed by atoms with Gasteiger partial charge >= 0.3 is 5.97 Å². The second-order valence-corrected chi connectivity index (χ2v) is 7.34. The van der Waals surface area contributed by atoms with Crippen LogP contribution in [0.2, 0.25) is 5.02 Å². The van der Waals surface area contributed by atoms with E-state index in [1.54, 1.807) is 61.2 Å². The summed E-state index contributed by atoms with van der Waals surface area (Å²) in [6.45, 7) is 6.01. The molecule has 2 amide bonds. The zero-order chi connectivity index (χ0) is 21.7. The molecule has 1 fully saturated rings. The van der Waals surface area contributed by atoms with Crippen LogP contribution in [-0.2, 0) is 9.53 Å². The molecule has 0 spiro atoms. The van der Waals surface area contributed by atoms with E-state index >= 15 is 0 Å². The number of piperazine rings is 1. The molecule has 2 aromatic carbocycles. The Morgan fingerprint density at radius 1 is 1.00 bits per heavy atom. The van der Waals surface area contributed by atoms with E-state index < -0.39 is 5.97 Å². The summed E-state index contributed by atoms with van der Waals surface area (Å²) in [6.07, 6.45) is 0. The fourth-order valence-electron chi connectivity index (χ4n) is 3.31. The standard InChI is InChI=1S/C22H24ClN3O4/c1-3-30-22(29)17-6-9-20(26-12-10-25(11-13-26)15(2)27)19(14-17)24-21(28)16-4-7-18(23)8-5-16/h4-9,14H,3,10-13H2,1-2H3,(H,24,28). The predicted octanol–water partition coefficient (Wildman–Crippen LogP) is 3.44. The van der Waals surface area contributed by atoms with Gasteiger partial charge in [0.25, 0.3) is 5.91 Å². The van der Waals surface area contributed by atoms with Crippen LogP contribution in [0.5, 0.6) is 0 Å². The molecule has 8 heteroatoms. The molecule has 0 saturated carbocycles. The van der Waals surface area contributed by atoms with Crippen molar-refractivity contribution in [3.05, 3.63) is 58.6 Å². The van der Waals surface area contributed by atoms with Crippen molar-refractivity contribution < 1.29 is 19.1 Å². The summed E-state index contributed by atoms with van der Waals surface area (Å²) in [4.78, 5) is 40.4. The Hall–Kier alpha value is -3.06. The summed E-state index contributed by atoms with van der Waals surface area (Å²) >= 11 is 5.90. The third-order valence-corrected chi connectivity index (χ3v) is 5.18. The van der Waals surface area contributed by atoms with E-state index in [0.29, 0.717) is 48.0 Å². The minimum atomic E-state index is -0.451. The molecule has 1 saturated heterocycles. The van der Waals surface area contributed by atoms with Gasteiger partial charge in [0.2, 0.25) is 5.91 Å². The van der Waals surface area contributed by atoms with E-state index in [4.69, 9.17) is 16.3 Å². The molecule has 0 unspecified atom stereocenters. The molecule has 1 aliphatic heterocycles. The van der Waals surface area contributed by atoms with E-state index in [1.165, 1.54) is 0 Å². The summed E-state index contributed by atoms with van der Waals surface area (Å²) in [5.41, 5.74) is 2.10. The minimum absolute atomic E-state index is 0.0450. The third-order valence-electron chi connectivity index (χ3n) is 4.93. The van der Waals surface area contributed by atoms with E-state index in [0.717, 1.165) is 5.69 Å². The topological polar surface area (TPSA) is 79.0 Å². The SMILES string of the molecule is CCOC(=O)c1ccc(N2CCN(C(C)=O)CC2)c(NC(=O)c2ccc(Cl)cc2)c1. The van der Waals surface area contributed by atoms with Crippen LogP contribution in [0.1, 0.15) is 34.6 Å². The number of amides is 2. The van der Waals surface area contributed by atoms with Crippen LogP contribution in [0, 0.1) is 0 Å². The van der Waals surface area contributed by atoms with Crippen LogP contribution >= 0.6 is 11.6 Å². The van der Waals surface area contributed by atoms with Crippen LogP contribution in [0.15, 0.2) is 42.5 Å². The zero-order valence-electron chi connectivity index (χ0n) is 17.0. The molecular formula is C22H24ClN3O4. The van der Waals surface area contributed by atoms with Gasteiger partial charge in [-0.3, -0.25) is 9.59 Å². The summed E-state index contributed by atoms with van der Waals surface area (Å²) < 4.78 is 5.09. The van der Waals surface area contributed by atoms with E-state index in [2.05, 4.69) is 10.2 Å². The van der Waals surface area contributed by atoms with Gasteiger partial charge in [-0.15, -0.1) is 0 Å². The maximum Gasteiger partial charge on any atom is 0.338 e. The molecular weight excluding hydrogens is 406 g/mol. The first kappa shape index (κ1) is 21.6. The second-order valence-electron chi connectivity index (χ2n) is 6.91. The molecule has 158 valence electrons. The summed E-state index contributed by atoms with van der Waals surface area (Å²) in [5.74, 6) is -0.715. The van der Waals surface area contributed by atoms with Gasteiger partial charge in [-0.2, -0.15) is 0 Å².